The Hall–Kier alpha value is -1.18. The monoisotopic (exact) mass is 248 g/mol. The van der Waals surface area contributed by atoms with Crippen LogP contribution in [0.2, 0.25) is 0 Å². The molecule has 1 atom stereocenters. The number of hydrogen-bond acceptors (Lipinski definition) is 6. The fourth-order valence-corrected chi connectivity index (χ4v) is 1.40. The third-order valence-corrected chi connectivity index (χ3v) is 2.22. The van der Waals surface area contributed by atoms with Crippen molar-refractivity contribution in [2.24, 2.45) is 10.7 Å². The molecule has 1 aliphatic rings. The van der Waals surface area contributed by atoms with Crippen LogP contribution in [0.15, 0.2) is 4.99 Å². The van der Waals surface area contributed by atoms with Gasteiger partial charge in [0.1, 0.15) is 17.9 Å². The van der Waals surface area contributed by atoms with Crippen LogP contribution in [0.1, 0.15) is 6.42 Å². The van der Waals surface area contributed by atoms with Crippen molar-refractivity contribution in [3.8, 4) is 0 Å². The zero-order valence-corrected chi connectivity index (χ0v) is 9.29. The standard InChI is InChI=1S/C8H13ClN4O3/c9-16-8(15)6(13-7(14)2-10)1-5-3-11-4-12-5/h6,11H,1-4,10H2,(H,13,14)/t6-/m0/s1. The predicted octanol–water partition coefficient (Wildman–Crippen LogP) is -1.48. The summed E-state index contributed by atoms with van der Waals surface area (Å²) in [5.74, 6) is -1.17. The van der Waals surface area contributed by atoms with Crippen LogP contribution in [0, 0.1) is 0 Å². The highest BCUT2D eigenvalue weighted by Crippen LogP contribution is 2.02. The highest BCUT2D eigenvalue weighted by Gasteiger charge is 2.24. The molecule has 8 heteroatoms. The summed E-state index contributed by atoms with van der Waals surface area (Å²) in [5, 5.41) is 5.39. The van der Waals surface area contributed by atoms with Gasteiger partial charge in [-0.05, 0) is 0 Å². The second kappa shape index (κ2) is 6.41. The van der Waals surface area contributed by atoms with E-state index in [1.807, 2.05) is 0 Å². The Bertz CT molecular complexity index is 308. The minimum absolute atomic E-state index is 0.198. The molecule has 1 rings (SSSR count). The second-order valence-electron chi connectivity index (χ2n) is 3.23. The largest absolute Gasteiger partial charge is 0.347 e. The van der Waals surface area contributed by atoms with Crippen LogP contribution in [0.5, 0.6) is 0 Å². The van der Waals surface area contributed by atoms with Crippen LogP contribution in [-0.2, 0) is 13.9 Å². The summed E-state index contributed by atoms with van der Waals surface area (Å²) in [6.45, 7) is 0.907. The summed E-state index contributed by atoms with van der Waals surface area (Å²) in [5.41, 5.74) is 5.91. The van der Waals surface area contributed by atoms with Crippen LogP contribution in [0.3, 0.4) is 0 Å². The first-order valence-electron chi connectivity index (χ1n) is 4.72. The molecule has 0 spiro atoms. The average molecular weight is 249 g/mol. The quantitative estimate of drug-likeness (QED) is 0.550. The van der Waals surface area contributed by atoms with Crippen molar-refractivity contribution in [1.29, 1.82) is 0 Å². The lowest BCUT2D eigenvalue weighted by molar-refractivity contribution is -0.138. The molecule has 0 aromatic carbocycles. The van der Waals surface area contributed by atoms with Crippen LogP contribution < -0.4 is 16.4 Å². The van der Waals surface area contributed by atoms with E-state index >= 15 is 0 Å². The van der Waals surface area contributed by atoms with E-state index < -0.39 is 17.9 Å². The Balaban J connectivity index is 2.56. The Kier molecular flexibility index (Phi) is 5.17. The third-order valence-electron chi connectivity index (χ3n) is 2.06. The molecule has 0 saturated heterocycles. The molecule has 1 heterocycles. The molecule has 0 aromatic rings. The molecular formula is C8H13ClN4O3. The van der Waals surface area contributed by atoms with Crippen LogP contribution >= 0.6 is 11.9 Å². The van der Waals surface area contributed by atoms with E-state index in [1.54, 1.807) is 0 Å². The lowest BCUT2D eigenvalue weighted by atomic mass is 10.1. The molecule has 0 fully saturated rings. The van der Waals surface area contributed by atoms with Gasteiger partial charge in [0.25, 0.3) is 0 Å². The summed E-state index contributed by atoms with van der Waals surface area (Å²) in [6, 6.07) is -0.841. The molecule has 1 aliphatic heterocycles. The number of nitrogens with two attached hydrogens (primary N) is 1. The van der Waals surface area contributed by atoms with Crippen LogP contribution in [-0.4, -0.2) is 43.4 Å². The van der Waals surface area contributed by atoms with Gasteiger partial charge in [0, 0.05) is 18.7 Å². The van der Waals surface area contributed by atoms with Gasteiger partial charge in [-0.2, -0.15) is 0 Å². The summed E-state index contributed by atoms with van der Waals surface area (Å²) in [6.07, 6.45) is 0.268. The van der Waals surface area contributed by atoms with Crippen LogP contribution in [0.4, 0.5) is 0 Å². The first-order chi connectivity index (χ1) is 7.67. The number of amides is 1. The van der Waals surface area contributed by atoms with Crippen molar-refractivity contribution in [3.05, 3.63) is 0 Å². The molecular weight excluding hydrogens is 236 g/mol. The van der Waals surface area contributed by atoms with Crippen LogP contribution in [0.25, 0.3) is 0 Å². The number of halogens is 1. The zero-order valence-electron chi connectivity index (χ0n) is 8.53. The highest BCUT2D eigenvalue weighted by atomic mass is 35.5. The van der Waals surface area contributed by atoms with Gasteiger partial charge in [0.15, 0.2) is 0 Å². The van der Waals surface area contributed by atoms with Crippen molar-refractivity contribution in [1.82, 2.24) is 10.6 Å². The fraction of sp³-hybridized carbons (Fsp3) is 0.625. The summed E-state index contributed by atoms with van der Waals surface area (Å²) < 4.78 is 4.07. The number of carbonyl (C=O) groups is 2. The van der Waals surface area contributed by atoms with Crippen molar-refractivity contribution < 1.29 is 13.9 Å². The van der Waals surface area contributed by atoms with Gasteiger partial charge in [0.2, 0.25) is 5.91 Å². The van der Waals surface area contributed by atoms with E-state index in [1.165, 1.54) is 0 Å². The van der Waals surface area contributed by atoms with Gasteiger partial charge in [0.05, 0.1) is 13.2 Å². The summed E-state index contributed by atoms with van der Waals surface area (Å²) in [4.78, 5) is 26.4. The molecule has 0 aliphatic carbocycles. The van der Waals surface area contributed by atoms with E-state index in [9.17, 15) is 9.59 Å². The molecule has 7 nitrogen and oxygen atoms in total. The maximum atomic E-state index is 11.3. The predicted molar refractivity (Wildman–Crippen MR) is 57.9 cm³/mol. The Morgan fingerprint density at radius 3 is 2.94 bits per heavy atom. The minimum atomic E-state index is -0.841. The number of nitrogens with one attached hydrogen (secondary N) is 2. The molecule has 1 amide bonds. The smallest absolute Gasteiger partial charge is 0.345 e. The first-order valence-corrected chi connectivity index (χ1v) is 5.03. The van der Waals surface area contributed by atoms with Gasteiger partial charge in [-0.15, -0.1) is 0 Å². The van der Waals surface area contributed by atoms with Crippen molar-refractivity contribution in [2.75, 3.05) is 19.8 Å². The molecule has 0 unspecified atom stereocenters. The highest BCUT2D eigenvalue weighted by molar-refractivity contribution is 6.14. The van der Waals surface area contributed by atoms with E-state index in [4.69, 9.17) is 17.6 Å². The summed E-state index contributed by atoms with van der Waals surface area (Å²) >= 11 is 4.97. The molecule has 4 N–H and O–H groups in total. The number of hydrogen-bond donors (Lipinski definition) is 3. The molecule has 0 saturated carbocycles. The fourth-order valence-electron chi connectivity index (χ4n) is 1.30. The van der Waals surface area contributed by atoms with E-state index in [2.05, 4.69) is 19.9 Å². The lowest BCUT2D eigenvalue weighted by Crippen LogP contribution is -2.45. The third kappa shape index (κ3) is 3.76. The minimum Gasteiger partial charge on any atom is -0.345 e. The van der Waals surface area contributed by atoms with E-state index in [0.29, 0.717) is 13.2 Å². The van der Waals surface area contributed by atoms with E-state index in [0.717, 1.165) is 5.71 Å². The van der Waals surface area contributed by atoms with E-state index in [-0.39, 0.29) is 13.0 Å². The first kappa shape index (κ1) is 12.9. The molecule has 0 bridgehead atoms. The molecule has 0 radical (unpaired) electrons. The Labute approximate surface area is 97.5 Å². The topological polar surface area (TPSA) is 106 Å². The SMILES string of the molecule is NCC(=O)N[C@@H](CC1=NCNC1)C(=O)OCl. The maximum absolute atomic E-state index is 11.3. The number of nitrogens with zero attached hydrogens (tertiary/aromatic N) is 1. The van der Waals surface area contributed by atoms with Gasteiger partial charge in [-0.25, -0.2) is 4.79 Å². The van der Waals surface area contributed by atoms with Crippen molar-refractivity contribution in [3.63, 3.8) is 0 Å². The molecule has 16 heavy (non-hydrogen) atoms. The van der Waals surface area contributed by atoms with Gasteiger partial charge in [-0.3, -0.25) is 15.1 Å². The lowest BCUT2D eigenvalue weighted by Gasteiger charge is -2.14. The number of rotatable bonds is 5. The maximum Gasteiger partial charge on any atom is 0.347 e. The number of aliphatic imine (C=N–C) groups is 1. The zero-order chi connectivity index (χ0) is 12.0. The average Bonchev–Trinajstić information content (AvgIpc) is 2.79. The van der Waals surface area contributed by atoms with Crippen molar-refractivity contribution in [2.45, 2.75) is 12.5 Å². The molecule has 90 valence electrons. The Morgan fingerprint density at radius 2 is 2.44 bits per heavy atom. The summed E-state index contributed by atoms with van der Waals surface area (Å²) in [7, 11) is 0. The van der Waals surface area contributed by atoms with Gasteiger partial charge < -0.3 is 15.3 Å². The second-order valence-corrected chi connectivity index (χ2v) is 3.39. The molecule has 0 aromatic heterocycles. The van der Waals surface area contributed by atoms with Gasteiger partial charge >= 0.3 is 5.97 Å². The normalized spacial score (nSPS) is 16.5. The van der Waals surface area contributed by atoms with Crippen molar-refractivity contribution >= 4 is 29.5 Å². The Morgan fingerprint density at radius 1 is 1.69 bits per heavy atom. The number of carbonyl (C=O) groups excluding carboxylic acids is 2. The van der Waals surface area contributed by atoms with Gasteiger partial charge in [-0.1, -0.05) is 0 Å².